The van der Waals surface area contributed by atoms with Gasteiger partial charge in [-0.2, -0.15) is 0 Å². The quantitative estimate of drug-likeness (QED) is 0.797. The highest BCUT2D eigenvalue weighted by Gasteiger charge is 2.46. The normalized spacial score (nSPS) is 22.0. The van der Waals surface area contributed by atoms with Gasteiger partial charge in [0, 0.05) is 0 Å². The second-order valence-corrected chi connectivity index (χ2v) is 4.65. The molecule has 0 saturated carbocycles. The molecule has 1 atom stereocenters. The standard InChI is InChI=1S/C14H18N2O3/c1-3-4-9-14(12(17)15-13(18)16-14)10-5-7-11(19-2)8-6-10/h5-8H,3-4,9H2,1-2H3,(H2,15,16,17,18). The van der Waals surface area contributed by atoms with Gasteiger partial charge in [-0.25, -0.2) is 4.79 Å². The van der Waals surface area contributed by atoms with Crippen molar-refractivity contribution in [1.29, 1.82) is 0 Å². The summed E-state index contributed by atoms with van der Waals surface area (Å²) in [4.78, 5) is 23.6. The Morgan fingerprint density at radius 3 is 2.37 bits per heavy atom. The van der Waals surface area contributed by atoms with Gasteiger partial charge < -0.3 is 10.1 Å². The van der Waals surface area contributed by atoms with E-state index in [1.807, 2.05) is 12.1 Å². The Bertz CT molecular complexity index is 484. The summed E-state index contributed by atoms with van der Waals surface area (Å²) in [5, 5.41) is 5.09. The summed E-state index contributed by atoms with van der Waals surface area (Å²) in [7, 11) is 1.59. The number of carbonyl (C=O) groups excluding carboxylic acids is 2. The van der Waals surface area contributed by atoms with E-state index in [-0.39, 0.29) is 5.91 Å². The van der Waals surface area contributed by atoms with Crippen molar-refractivity contribution in [1.82, 2.24) is 10.6 Å². The van der Waals surface area contributed by atoms with Crippen molar-refractivity contribution in [2.24, 2.45) is 0 Å². The van der Waals surface area contributed by atoms with E-state index in [1.165, 1.54) is 0 Å². The number of benzene rings is 1. The zero-order valence-electron chi connectivity index (χ0n) is 11.2. The summed E-state index contributed by atoms with van der Waals surface area (Å²) in [5.41, 5.74) is -0.163. The van der Waals surface area contributed by atoms with Crippen molar-refractivity contribution in [2.75, 3.05) is 7.11 Å². The van der Waals surface area contributed by atoms with E-state index >= 15 is 0 Å². The monoisotopic (exact) mass is 262 g/mol. The molecule has 1 heterocycles. The van der Waals surface area contributed by atoms with E-state index in [1.54, 1.807) is 19.2 Å². The maximum atomic E-state index is 12.1. The molecular weight excluding hydrogens is 244 g/mol. The predicted molar refractivity (Wildman–Crippen MR) is 70.9 cm³/mol. The van der Waals surface area contributed by atoms with Crippen LogP contribution in [-0.2, 0) is 10.3 Å². The minimum absolute atomic E-state index is 0.281. The highest BCUT2D eigenvalue weighted by Crippen LogP contribution is 2.31. The van der Waals surface area contributed by atoms with Gasteiger partial charge >= 0.3 is 6.03 Å². The fourth-order valence-electron chi connectivity index (χ4n) is 2.33. The molecule has 1 saturated heterocycles. The van der Waals surface area contributed by atoms with Crippen molar-refractivity contribution in [3.63, 3.8) is 0 Å². The van der Waals surface area contributed by atoms with Crippen LogP contribution in [0.3, 0.4) is 0 Å². The Labute approximate surface area is 112 Å². The number of nitrogens with one attached hydrogen (secondary N) is 2. The van der Waals surface area contributed by atoms with Crippen molar-refractivity contribution in [3.05, 3.63) is 29.8 Å². The summed E-state index contributed by atoms with van der Waals surface area (Å²) in [6.07, 6.45) is 2.41. The molecule has 3 amide bonds. The third kappa shape index (κ3) is 2.41. The molecule has 1 aliphatic rings. The number of unbranched alkanes of at least 4 members (excludes halogenated alkanes) is 1. The lowest BCUT2D eigenvalue weighted by Crippen LogP contribution is -2.43. The first-order chi connectivity index (χ1) is 9.12. The van der Waals surface area contributed by atoms with Crippen LogP contribution in [0.5, 0.6) is 5.75 Å². The molecule has 5 nitrogen and oxygen atoms in total. The molecule has 0 aromatic heterocycles. The van der Waals surface area contributed by atoms with Gasteiger partial charge in [-0.15, -0.1) is 0 Å². The number of hydrogen-bond donors (Lipinski definition) is 2. The van der Waals surface area contributed by atoms with Crippen LogP contribution in [0, 0.1) is 0 Å². The predicted octanol–water partition coefficient (Wildman–Crippen LogP) is 1.92. The number of methoxy groups -OCH3 is 1. The van der Waals surface area contributed by atoms with Gasteiger partial charge in [-0.3, -0.25) is 10.1 Å². The number of urea groups is 1. The molecule has 0 bridgehead atoms. The van der Waals surface area contributed by atoms with Crippen molar-refractivity contribution < 1.29 is 14.3 Å². The SMILES string of the molecule is CCCCC1(c2ccc(OC)cc2)NC(=O)NC1=O. The average Bonchev–Trinajstić information content (AvgIpc) is 2.72. The van der Waals surface area contributed by atoms with Crippen molar-refractivity contribution >= 4 is 11.9 Å². The van der Waals surface area contributed by atoms with Gasteiger partial charge in [0.15, 0.2) is 0 Å². The van der Waals surface area contributed by atoms with Gasteiger partial charge in [0.25, 0.3) is 5.91 Å². The van der Waals surface area contributed by atoms with Crippen LogP contribution in [0.2, 0.25) is 0 Å². The van der Waals surface area contributed by atoms with Gasteiger partial charge in [0.1, 0.15) is 11.3 Å². The number of amides is 3. The number of ether oxygens (including phenoxy) is 1. The lowest BCUT2D eigenvalue weighted by molar-refractivity contribution is -0.124. The van der Waals surface area contributed by atoms with E-state index in [2.05, 4.69) is 17.6 Å². The van der Waals surface area contributed by atoms with Gasteiger partial charge in [-0.1, -0.05) is 31.9 Å². The summed E-state index contributed by atoms with van der Waals surface area (Å²) >= 11 is 0. The average molecular weight is 262 g/mol. The number of hydrogen-bond acceptors (Lipinski definition) is 3. The van der Waals surface area contributed by atoms with Gasteiger partial charge in [-0.05, 0) is 24.1 Å². The van der Waals surface area contributed by atoms with Crippen LogP contribution in [0.15, 0.2) is 24.3 Å². The maximum absolute atomic E-state index is 12.1. The van der Waals surface area contributed by atoms with E-state index in [4.69, 9.17) is 4.74 Å². The molecule has 2 N–H and O–H groups in total. The lowest BCUT2D eigenvalue weighted by Gasteiger charge is -2.26. The summed E-state index contributed by atoms with van der Waals surface area (Å²) in [5.74, 6) is 0.440. The Kier molecular flexibility index (Phi) is 3.74. The molecule has 0 radical (unpaired) electrons. The molecule has 19 heavy (non-hydrogen) atoms. The highest BCUT2D eigenvalue weighted by atomic mass is 16.5. The molecule has 1 fully saturated rings. The Morgan fingerprint density at radius 1 is 1.21 bits per heavy atom. The maximum Gasteiger partial charge on any atom is 0.322 e. The van der Waals surface area contributed by atoms with Crippen LogP contribution < -0.4 is 15.4 Å². The Hall–Kier alpha value is -2.04. The third-order valence-corrected chi connectivity index (χ3v) is 3.43. The zero-order valence-corrected chi connectivity index (χ0v) is 11.2. The van der Waals surface area contributed by atoms with Crippen LogP contribution >= 0.6 is 0 Å². The zero-order chi connectivity index (χ0) is 13.9. The lowest BCUT2D eigenvalue weighted by atomic mass is 9.85. The summed E-state index contributed by atoms with van der Waals surface area (Å²) in [6.45, 7) is 2.05. The summed E-state index contributed by atoms with van der Waals surface area (Å²) in [6, 6.07) is 6.79. The molecule has 2 rings (SSSR count). The van der Waals surface area contributed by atoms with Crippen LogP contribution in [0.4, 0.5) is 4.79 Å². The minimum Gasteiger partial charge on any atom is -0.497 e. The molecule has 5 heteroatoms. The fraction of sp³-hybridized carbons (Fsp3) is 0.429. The third-order valence-electron chi connectivity index (χ3n) is 3.43. The molecular formula is C14H18N2O3. The molecule has 102 valence electrons. The number of carbonyl (C=O) groups is 2. The summed E-state index contributed by atoms with van der Waals surface area (Å²) < 4.78 is 5.11. The molecule has 0 spiro atoms. The van der Waals surface area contributed by atoms with E-state index in [0.29, 0.717) is 6.42 Å². The van der Waals surface area contributed by atoms with Crippen molar-refractivity contribution in [2.45, 2.75) is 31.7 Å². The first-order valence-electron chi connectivity index (χ1n) is 6.40. The molecule has 1 aromatic rings. The van der Waals surface area contributed by atoms with Gasteiger partial charge in [0.2, 0.25) is 0 Å². The minimum atomic E-state index is -0.945. The molecule has 1 aliphatic heterocycles. The van der Waals surface area contributed by atoms with Crippen LogP contribution in [-0.4, -0.2) is 19.0 Å². The van der Waals surface area contributed by atoms with Gasteiger partial charge in [0.05, 0.1) is 7.11 Å². The number of imide groups is 1. The van der Waals surface area contributed by atoms with E-state index < -0.39 is 11.6 Å². The Balaban J connectivity index is 2.36. The molecule has 1 aromatic carbocycles. The second kappa shape index (κ2) is 5.30. The molecule has 1 unspecified atom stereocenters. The fourth-order valence-corrected chi connectivity index (χ4v) is 2.33. The number of rotatable bonds is 5. The first-order valence-corrected chi connectivity index (χ1v) is 6.40. The van der Waals surface area contributed by atoms with Crippen LogP contribution in [0.25, 0.3) is 0 Å². The van der Waals surface area contributed by atoms with Crippen molar-refractivity contribution in [3.8, 4) is 5.75 Å². The van der Waals surface area contributed by atoms with E-state index in [9.17, 15) is 9.59 Å². The second-order valence-electron chi connectivity index (χ2n) is 4.65. The van der Waals surface area contributed by atoms with Crippen LogP contribution in [0.1, 0.15) is 31.7 Å². The highest BCUT2D eigenvalue weighted by molar-refractivity contribution is 6.07. The smallest absolute Gasteiger partial charge is 0.322 e. The Morgan fingerprint density at radius 2 is 1.89 bits per heavy atom. The molecule has 0 aliphatic carbocycles. The first kappa shape index (κ1) is 13.4. The van der Waals surface area contributed by atoms with E-state index in [0.717, 1.165) is 24.2 Å². The largest absolute Gasteiger partial charge is 0.497 e. The topological polar surface area (TPSA) is 67.4 Å².